The molecule has 0 aliphatic rings. The van der Waals surface area contributed by atoms with Gasteiger partial charge in [0.1, 0.15) is 0 Å². The van der Waals surface area contributed by atoms with Gasteiger partial charge in [-0.05, 0) is 159 Å². The molecule has 0 fully saturated rings. The first-order valence-electron chi connectivity index (χ1n) is 23.0. The fourth-order valence-electron chi connectivity index (χ4n) is 9.84. The Kier molecular flexibility index (Phi) is 11.8. The van der Waals surface area contributed by atoms with E-state index in [-0.39, 0.29) is 0 Å². The molecule has 13 aromatic carbocycles. The first-order valence-corrected chi connectivity index (χ1v) is 23.0. The van der Waals surface area contributed by atoms with Gasteiger partial charge in [-0.15, -0.1) is 0 Å². The summed E-state index contributed by atoms with van der Waals surface area (Å²) in [5, 5.41) is 21.5. The molecule has 66 heavy (non-hydrogen) atoms. The maximum absolute atomic E-state index is 2.32. The lowest BCUT2D eigenvalue weighted by molar-refractivity contribution is 1.46. The van der Waals surface area contributed by atoms with E-state index in [1.165, 1.54) is 120 Å². The molecule has 0 heteroatoms. The predicted molar refractivity (Wildman–Crippen MR) is 290 cm³/mol. The second kappa shape index (κ2) is 18.6. The van der Waals surface area contributed by atoms with Crippen molar-refractivity contribution >= 4 is 86.2 Å². The standard InChI is InChI=1S/2C19H14.C15H12.C13H12/c1-13-12-15-7-3-4-8-16(15)18-11-10-14-6-2-5-9-17(14)19(13)18;1-13-5-4-8-14-9-10-17-11-15-6-2-3-7-16(15)12-18(17)19(13)14;1-11-5-4-7-13-10-9-12-6-2-3-8-14(12)15(11)13;1-11-7-5-6-10-13(11)12-8-3-2-4-9-12/h2*2-12H,1H3;2-10H,1H3;2-10H,1H3. The summed E-state index contributed by atoms with van der Waals surface area (Å²) in [7, 11) is 0. The summed E-state index contributed by atoms with van der Waals surface area (Å²) in [5.41, 5.74) is 7.99. The number of hydrogen-bond acceptors (Lipinski definition) is 0. The lowest BCUT2D eigenvalue weighted by Crippen LogP contribution is -1.84. The molecule has 0 saturated heterocycles. The molecule has 0 aromatic heterocycles. The predicted octanol–water partition coefficient (Wildman–Crippen LogP) is 18.9. The van der Waals surface area contributed by atoms with E-state index < -0.39 is 0 Å². The second-order valence-corrected chi connectivity index (χ2v) is 17.4. The van der Waals surface area contributed by atoms with Crippen LogP contribution in [0.4, 0.5) is 0 Å². The summed E-state index contributed by atoms with van der Waals surface area (Å²) in [6.45, 7) is 8.72. The number of rotatable bonds is 1. The van der Waals surface area contributed by atoms with Crippen LogP contribution >= 0.6 is 0 Å². The SMILES string of the molecule is Cc1cc2ccccc2c2ccc3ccccc3c12.Cc1cccc2ccc3cc4ccccc4cc3c12.Cc1cccc2ccc3ccccc3c12.Cc1ccccc1-c1ccccc1. The number of aryl methyl sites for hydroxylation is 4. The molecule has 0 atom stereocenters. The van der Waals surface area contributed by atoms with Gasteiger partial charge in [-0.3, -0.25) is 0 Å². The largest absolute Gasteiger partial charge is 0.0622 e. The summed E-state index contributed by atoms with van der Waals surface area (Å²) >= 11 is 0. The Morgan fingerprint density at radius 3 is 1.27 bits per heavy atom. The molecule has 0 radical (unpaired) electrons. The minimum absolute atomic E-state index is 1.29. The van der Waals surface area contributed by atoms with Crippen molar-refractivity contribution in [2.45, 2.75) is 27.7 Å². The molecule has 0 N–H and O–H groups in total. The van der Waals surface area contributed by atoms with Gasteiger partial charge in [-0.2, -0.15) is 0 Å². The zero-order valence-corrected chi connectivity index (χ0v) is 38.1. The smallest absolute Gasteiger partial charge is 0.00697 e. The van der Waals surface area contributed by atoms with Crippen LogP contribution in [0.25, 0.3) is 97.3 Å². The maximum atomic E-state index is 2.32. The third kappa shape index (κ3) is 8.38. The van der Waals surface area contributed by atoms with Crippen molar-refractivity contribution in [2.24, 2.45) is 0 Å². The van der Waals surface area contributed by atoms with Crippen molar-refractivity contribution in [1.29, 1.82) is 0 Å². The van der Waals surface area contributed by atoms with Crippen molar-refractivity contribution < 1.29 is 0 Å². The lowest BCUT2D eigenvalue weighted by Gasteiger charge is -2.10. The van der Waals surface area contributed by atoms with Gasteiger partial charge in [-0.25, -0.2) is 0 Å². The van der Waals surface area contributed by atoms with Gasteiger partial charge < -0.3 is 0 Å². The topological polar surface area (TPSA) is 0 Å². The van der Waals surface area contributed by atoms with E-state index in [0.29, 0.717) is 0 Å². The molecule has 316 valence electrons. The van der Waals surface area contributed by atoms with Gasteiger partial charge in [0, 0.05) is 0 Å². The Hall–Kier alpha value is -8.06. The molecule has 13 rings (SSSR count). The minimum Gasteiger partial charge on any atom is -0.0622 e. The van der Waals surface area contributed by atoms with Gasteiger partial charge in [0.05, 0.1) is 0 Å². The first-order chi connectivity index (χ1) is 32.4. The van der Waals surface area contributed by atoms with E-state index in [9.17, 15) is 0 Å². The molecule has 0 saturated carbocycles. The number of benzene rings is 13. The molecular formula is C66H52. The van der Waals surface area contributed by atoms with E-state index in [0.717, 1.165) is 0 Å². The van der Waals surface area contributed by atoms with Crippen LogP contribution in [0.15, 0.2) is 243 Å². The summed E-state index contributed by atoms with van der Waals surface area (Å²) in [4.78, 5) is 0. The third-order valence-electron chi connectivity index (χ3n) is 13.1. The zero-order chi connectivity index (χ0) is 45.0. The highest BCUT2D eigenvalue weighted by molar-refractivity contribution is 6.19. The Morgan fingerprint density at radius 2 is 0.621 bits per heavy atom. The van der Waals surface area contributed by atoms with Crippen LogP contribution in [-0.4, -0.2) is 0 Å². The van der Waals surface area contributed by atoms with Crippen molar-refractivity contribution in [3.8, 4) is 11.1 Å². The molecule has 0 spiro atoms. The molecule has 0 bridgehead atoms. The monoisotopic (exact) mass is 844 g/mol. The summed E-state index contributed by atoms with van der Waals surface area (Å²) in [6.07, 6.45) is 0. The van der Waals surface area contributed by atoms with Crippen LogP contribution in [0.2, 0.25) is 0 Å². The molecule has 0 amide bonds. The van der Waals surface area contributed by atoms with Crippen molar-refractivity contribution in [1.82, 2.24) is 0 Å². The van der Waals surface area contributed by atoms with Gasteiger partial charge >= 0.3 is 0 Å². The van der Waals surface area contributed by atoms with E-state index in [2.05, 4.69) is 264 Å². The highest BCUT2D eigenvalue weighted by Crippen LogP contribution is 2.35. The van der Waals surface area contributed by atoms with Crippen molar-refractivity contribution in [2.75, 3.05) is 0 Å². The molecule has 0 aliphatic carbocycles. The lowest BCUT2D eigenvalue weighted by atomic mass is 9.94. The highest BCUT2D eigenvalue weighted by atomic mass is 14.1. The number of hydrogen-bond donors (Lipinski definition) is 0. The average molecular weight is 845 g/mol. The fraction of sp³-hybridized carbons (Fsp3) is 0.0606. The molecule has 13 aromatic rings. The Morgan fingerprint density at radius 1 is 0.197 bits per heavy atom. The van der Waals surface area contributed by atoms with E-state index in [1.807, 2.05) is 6.07 Å². The van der Waals surface area contributed by atoms with Crippen molar-refractivity contribution in [3.63, 3.8) is 0 Å². The van der Waals surface area contributed by atoms with Crippen LogP contribution < -0.4 is 0 Å². The zero-order valence-electron chi connectivity index (χ0n) is 38.1. The second-order valence-electron chi connectivity index (χ2n) is 17.4. The van der Waals surface area contributed by atoms with Gasteiger partial charge in [-0.1, -0.05) is 231 Å². The molecule has 0 aliphatic heterocycles. The maximum Gasteiger partial charge on any atom is -0.00697 e. The average Bonchev–Trinajstić information content (AvgIpc) is 3.36. The van der Waals surface area contributed by atoms with Crippen LogP contribution in [0.3, 0.4) is 0 Å². The van der Waals surface area contributed by atoms with Crippen LogP contribution in [0.1, 0.15) is 22.3 Å². The number of fused-ring (bicyclic) bond motifs is 12. The van der Waals surface area contributed by atoms with E-state index in [4.69, 9.17) is 0 Å². The Labute approximate surface area is 388 Å². The third-order valence-corrected chi connectivity index (χ3v) is 13.1. The first kappa shape index (κ1) is 41.9. The van der Waals surface area contributed by atoms with Crippen LogP contribution in [0.5, 0.6) is 0 Å². The van der Waals surface area contributed by atoms with E-state index >= 15 is 0 Å². The van der Waals surface area contributed by atoms with Gasteiger partial charge in [0.15, 0.2) is 0 Å². The summed E-state index contributed by atoms with van der Waals surface area (Å²) in [6, 6.07) is 86.5. The normalized spacial score (nSPS) is 11.0. The Bertz CT molecular complexity index is 3860. The van der Waals surface area contributed by atoms with Crippen LogP contribution in [0, 0.1) is 27.7 Å². The molecule has 0 heterocycles. The Balaban J connectivity index is 0.000000105. The fourth-order valence-corrected chi connectivity index (χ4v) is 9.84. The van der Waals surface area contributed by atoms with E-state index in [1.54, 1.807) is 0 Å². The molecular weight excluding hydrogens is 793 g/mol. The van der Waals surface area contributed by atoms with Crippen LogP contribution in [-0.2, 0) is 0 Å². The highest BCUT2D eigenvalue weighted by Gasteiger charge is 2.08. The summed E-state index contributed by atoms with van der Waals surface area (Å²) < 4.78 is 0. The van der Waals surface area contributed by atoms with Gasteiger partial charge in [0.2, 0.25) is 0 Å². The quantitative estimate of drug-likeness (QED) is 0.114. The molecule has 0 nitrogen and oxygen atoms in total. The minimum atomic E-state index is 1.29. The molecule has 0 unspecified atom stereocenters. The van der Waals surface area contributed by atoms with Crippen molar-refractivity contribution in [3.05, 3.63) is 265 Å². The summed E-state index contributed by atoms with van der Waals surface area (Å²) in [5.74, 6) is 0. The van der Waals surface area contributed by atoms with Gasteiger partial charge in [0.25, 0.3) is 0 Å².